The lowest BCUT2D eigenvalue weighted by Crippen LogP contribution is -2.41. The molecule has 9 nitrogen and oxygen atoms in total. The molecule has 5 heterocycles. The van der Waals surface area contributed by atoms with E-state index < -0.39 is 12.0 Å². The Morgan fingerprint density at radius 2 is 1.90 bits per heavy atom. The number of nitrogens with zero attached hydrogens (tertiary/aromatic N) is 6. The van der Waals surface area contributed by atoms with Gasteiger partial charge in [-0.15, -0.1) is 0 Å². The molecule has 0 N–H and O–H groups in total. The Bertz CT molecular complexity index is 1480. The molecule has 0 atom stereocenters. The number of fused-ring (bicyclic) bond motifs is 2. The van der Waals surface area contributed by atoms with E-state index in [0.29, 0.717) is 56.2 Å². The number of amides is 1. The molecule has 1 amide bonds. The van der Waals surface area contributed by atoms with Gasteiger partial charge in [0, 0.05) is 74.3 Å². The van der Waals surface area contributed by atoms with E-state index in [4.69, 9.17) is 19.4 Å². The van der Waals surface area contributed by atoms with Gasteiger partial charge in [-0.25, -0.2) is 23.5 Å². The second-order valence-corrected chi connectivity index (χ2v) is 12.4. The van der Waals surface area contributed by atoms with Crippen LogP contribution < -0.4 is 4.90 Å². The molecule has 0 aliphatic carbocycles. The lowest BCUT2D eigenvalue weighted by molar-refractivity contribution is 0.0222. The van der Waals surface area contributed by atoms with Crippen LogP contribution in [0.3, 0.4) is 0 Å². The van der Waals surface area contributed by atoms with E-state index >= 15 is 0 Å². The molecule has 1 saturated heterocycles. The van der Waals surface area contributed by atoms with Crippen LogP contribution in [0.1, 0.15) is 80.6 Å². The van der Waals surface area contributed by atoms with Crippen LogP contribution in [0.25, 0.3) is 11.1 Å². The number of aromatic nitrogens is 4. The van der Waals surface area contributed by atoms with Gasteiger partial charge in [0.15, 0.2) is 0 Å². The highest BCUT2D eigenvalue weighted by Crippen LogP contribution is 2.43. The Hall–Kier alpha value is -3.60. The Morgan fingerprint density at radius 1 is 1.12 bits per heavy atom. The largest absolute Gasteiger partial charge is 0.444 e. The summed E-state index contributed by atoms with van der Waals surface area (Å²) >= 11 is 0. The molecule has 2 aromatic heterocycles. The summed E-state index contributed by atoms with van der Waals surface area (Å²) in [5.74, 6) is 1.64. The summed E-state index contributed by atoms with van der Waals surface area (Å²) in [6.07, 6.45) is 4.21. The van der Waals surface area contributed by atoms with Crippen molar-refractivity contribution in [1.29, 1.82) is 0 Å². The third kappa shape index (κ3) is 5.71. The minimum absolute atomic E-state index is 0.0309. The maximum Gasteiger partial charge on any atom is 0.410 e. The summed E-state index contributed by atoms with van der Waals surface area (Å²) in [5.41, 5.74) is 4.01. The second kappa shape index (κ2) is 11.2. The van der Waals surface area contributed by atoms with Gasteiger partial charge in [-0.1, -0.05) is 0 Å². The summed E-state index contributed by atoms with van der Waals surface area (Å²) in [4.78, 5) is 27.0. The maximum absolute atomic E-state index is 14.5. The Labute approximate surface area is 244 Å². The number of halogens is 2. The second-order valence-electron chi connectivity index (χ2n) is 12.4. The zero-order valence-electron chi connectivity index (χ0n) is 24.7. The van der Waals surface area contributed by atoms with Crippen molar-refractivity contribution in [2.75, 3.05) is 31.2 Å². The first-order valence-corrected chi connectivity index (χ1v) is 14.7. The molecule has 0 saturated carbocycles. The number of aryl methyl sites for hydroxylation is 2. The van der Waals surface area contributed by atoms with Crippen LogP contribution in [0.15, 0.2) is 24.5 Å². The minimum Gasteiger partial charge on any atom is -0.444 e. The SMILES string of the molecule is Cn1cc(-c2cc3c(cc2C(F)F)N(c2nc(C4CCOCC4)nc4c2CN(C(=O)OC(C)(C)C)CC4)CCC3)cn1. The van der Waals surface area contributed by atoms with Gasteiger partial charge in [-0.3, -0.25) is 4.68 Å². The molecule has 0 unspecified atom stereocenters. The van der Waals surface area contributed by atoms with Crippen molar-refractivity contribution in [3.63, 3.8) is 0 Å². The van der Waals surface area contributed by atoms with Crippen LogP contribution in [0.2, 0.25) is 0 Å². The molecule has 0 radical (unpaired) electrons. The fourth-order valence-corrected chi connectivity index (χ4v) is 6.12. The van der Waals surface area contributed by atoms with Crippen LogP contribution in [0.5, 0.6) is 0 Å². The van der Waals surface area contributed by atoms with Crippen LogP contribution in [-0.2, 0) is 35.9 Å². The van der Waals surface area contributed by atoms with Crippen molar-refractivity contribution in [1.82, 2.24) is 24.6 Å². The van der Waals surface area contributed by atoms with E-state index in [1.54, 1.807) is 35.1 Å². The van der Waals surface area contributed by atoms with E-state index in [1.165, 1.54) is 0 Å². The molecule has 11 heteroatoms. The molecule has 224 valence electrons. The highest BCUT2D eigenvalue weighted by Gasteiger charge is 2.34. The number of hydrogen-bond donors (Lipinski definition) is 0. The lowest BCUT2D eigenvalue weighted by Gasteiger charge is -2.37. The molecule has 1 aromatic carbocycles. The van der Waals surface area contributed by atoms with Gasteiger partial charge in [0.25, 0.3) is 6.43 Å². The van der Waals surface area contributed by atoms with E-state index in [9.17, 15) is 13.6 Å². The van der Waals surface area contributed by atoms with Crippen molar-refractivity contribution in [2.45, 2.75) is 77.4 Å². The van der Waals surface area contributed by atoms with Gasteiger partial charge in [-0.05, 0) is 69.7 Å². The number of alkyl halides is 2. The summed E-state index contributed by atoms with van der Waals surface area (Å²) in [7, 11) is 1.78. The van der Waals surface area contributed by atoms with Gasteiger partial charge in [0.2, 0.25) is 0 Å². The van der Waals surface area contributed by atoms with Gasteiger partial charge in [0.1, 0.15) is 17.2 Å². The first-order valence-electron chi connectivity index (χ1n) is 14.7. The smallest absolute Gasteiger partial charge is 0.410 e. The molecule has 3 aliphatic rings. The lowest BCUT2D eigenvalue weighted by atomic mass is 9.92. The van der Waals surface area contributed by atoms with Gasteiger partial charge < -0.3 is 19.3 Å². The Balaban J connectivity index is 1.45. The fourth-order valence-electron chi connectivity index (χ4n) is 6.12. The molecule has 42 heavy (non-hydrogen) atoms. The first kappa shape index (κ1) is 28.5. The standard InChI is InChI=1S/C31H38F2N6O3/c1-31(2,3)42-30(40)38-11-7-25-24(18-38)29(36-28(35-25)19-8-12-41-13-9-19)39-10-5-6-20-14-22(21-16-34-37(4)17-21)23(27(32)33)15-26(20)39/h14-17,19,27H,5-13,18H2,1-4H3. The molecule has 1 fully saturated rings. The summed E-state index contributed by atoms with van der Waals surface area (Å²) in [6.45, 7) is 8.29. The molecule has 3 aliphatic heterocycles. The Kier molecular flexibility index (Phi) is 7.63. The van der Waals surface area contributed by atoms with Crippen molar-refractivity contribution in [3.05, 3.63) is 52.7 Å². The number of carbonyl (C=O) groups is 1. The monoisotopic (exact) mass is 580 g/mol. The number of hydrogen-bond acceptors (Lipinski definition) is 7. The quantitative estimate of drug-likeness (QED) is 0.369. The highest BCUT2D eigenvalue weighted by molar-refractivity contribution is 5.77. The average molecular weight is 581 g/mol. The third-order valence-corrected chi connectivity index (χ3v) is 8.17. The van der Waals surface area contributed by atoms with Crippen LogP contribution >= 0.6 is 0 Å². The fraction of sp³-hybridized carbons (Fsp3) is 0.548. The van der Waals surface area contributed by atoms with E-state index in [0.717, 1.165) is 54.0 Å². The van der Waals surface area contributed by atoms with Gasteiger partial charge in [0.05, 0.1) is 18.4 Å². The predicted molar refractivity (Wildman–Crippen MR) is 154 cm³/mol. The molecule has 0 bridgehead atoms. The minimum atomic E-state index is -2.66. The number of benzene rings is 1. The number of anilines is 2. The van der Waals surface area contributed by atoms with Crippen LogP contribution in [-0.4, -0.2) is 62.6 Å². The zero-order chi connectivity index (χ0) is 29.6. The molecular weight excluding hydrogens is 542 g/mol. The summed E-state index contributed by atoms with van der Waals surface area (Å²) in [6, 6.07) is 3.51. The molecule has 3 aromatic rings. The zero-order valence-corrected chi connectivity index (χ0v) is 24.7. The highest BCUT2D eigenvalue weighted by atomic mass is 19.3. The molecule has 0 spiro atoms. The first-order chi connectivity index (χ1) is 20.1. The normalized spacial score (nSPS) is 17.8. The van der Waals surface area contributed by atoms with E-state index in [1.807, 2.05) is 26.8 Å². The van der Waals surface area contributed by atoms with E-state index in [-0.39, 0.29) is 17.6 Å². The van der Waals surface area contributed by atoms with Crippen molar-refractivity contribution < 1.29 is 23.0 Å². The van der Waals surface area contributed by atoms with E-state index in [2.05, 4.69) is 10.00 Å². The topological polar surface area (TPSA) is 85.6 Å². The molecular formula is C31H38F2N6O3. The van der Waals surface area contributed by atoms with Crippen molar-refractivity contribution in [2.24, 2.45) is 7.05 Å². The number of ether oxygens (including phenoxy) is 2. The Morgan fingerprint density at radius 3 is 2.60 bits per heavy atom. The van der Waals surface area contributed by atoms with Crippen LogP contribution in [0, 0.1) is 0 Å². The van der Waals surface area contributed by atoms with Gasteiger partial charge in [-0.2, -0.15) is 5.10 Å². The summed E-state index contributed by atoms with van der Waals surface area (Å²) < 4.78 is 42.0. The predicted octanol–water partition coefficient (Wildman–Crippen LogP) is 6.09. The summed E-state index contributed by atoms with van der Waals surface area (Å²) in [5, 5.41) is 4.21. The maximum atomic E-state index is 14.5. The number of rotatable bonds is 4. The number of carbonyl (C=O) groups excluding carboxylic acids is 1. The third-order valence-electron chi connectivity index (χ3n) is 8.17. The van der Waals surface area contributed by atoms with Crippen molar-refractivity contribution >= 4 is 17.6 Å². The molecule has 6 rings (SSSR count). The average Bonchev–Trinajstić information content (AvgIpc) is 3.40. The van der Waals surface area contributed by atoms with Gasteiger partial charge >= 0.3 is 6.09 Å². The van der Waals surface area contributed by atoms with Crippen molar-refractivity contribution in [3.8, 4) is 11.1 Å². The van der Waals surface area contributed by atoms with Crippen LogP contribution in [0.4, 0.5) is 25.1 Å².